The molecule has 0 N–H and O–H groups in total. The highest BCUT2D eigenvalue weighted by Crippen LogP contribution is 2.38. The van der Waals surface area contributed by atoms with Crippen molar-refractivity contribution in [3.05, 3.63) is 53.1 Å². The molecule has 0 aliphatic rings. The molecular formula is C13H7Cl2F3O2S. The van der Waals surface area contributed by atoms with E-state index in [0.29, 0.717) is 0 Å². The number of hydrogen-bond donors (Lipinski definition) is 0. The molecule has 0 aliphatic carbocycles. The van der Waals surface area contributed by atoms with Gasteiger partial charge < -0.3 is 0 Å². The number of alkyl halides is 3. The highest BCUT2D eigenvalue weighted by Gasteiger charge is 2.33. The van der Waals surface area contributed by atoms with E-state index in [1.54, 1.807) is 0 Å². The maximum atomic E-state index is 13.0. The van der Waals surface area contributed by atoms with Crippen molar-refractivity contribution in [2.24, 2.45) is 0 Å². The van der Waals surface area contributed by atoms with Crippen molar-refractivity contribution in [2.75, 3.05) is 0 Å². The Labute approximate surface area is 128 Å². The SMILES string of the molecule is O=S(=O)(Cl)c1ccc(-c2ccccc2C(F)(F)F)cc1Cl. The van der Waals surface area contributed by atoms with E-state index in [1.807, 2.05) is 0 Å². The van der Waals surface area contributed by atoms with Crippen LogP contribution in [0.5, 0.6) is 0 Å². The monoisotopic (exact) mass is 354 g/mol. The Morgan fingerprint density at radius 1 is 1.00 bits per heavy atom. The van der Waals surface area contributed by atoms with E-state index in [1.165, 1.54) is 24.3 Å². The van der Waals surface area contributed by atoms with Gasteiger partial charge in [-0.15, -0.1) is 0 Å². The van der Waals surface area contributed by atoms with Gasteiger partial charge in [-0.05, 0) is 29.3 Å². The molecule has 0 aromatic heterocycles. The van der Waals surface area contributed by atoms with Crippen molar-refractivity contribution in [3.63, 3.8) is 0 Å². The summed E-state index contributed by atoms with van der Waals surface area (Å²) in [6, 6.07) is 8.38. The Bertz CT molecular complexity index is 786. The van der Waals surface area contributed by atoms with Gasteiger partial charge in [0.25, 0.3) is 9.05 Å². The fourth-order valence-corrected chi connectivity index (χ4v) is 3.38. The average Bonchev–Trinajstić information content (AvgIpc) is 2.36. The lowest BCUT2D eigenvalue weighted by atomic mass is 9.99. The topological polar surface area (TPSA) is 34.1 Å². The summed E-state index contributed by atoms with van der Waals surface area (Å²) in [5.41, 5.74) is -0.773. The van der Waals surface area contributed by atoms with Gasteiger partial charge in [-0.2, -0.15) is 13.2 Å². The van der Waals surface area contributed by atoms with Crippen molar-refractivity contribution in [1.82, 2.24) is 0 Å². The molecule has 0 saturated carbocycles. The predicted octanol–water partition coefficient (Wildman–Crippen LogP) is 4.95. The van der Waals surface area contributed by atoms with Crippen LogP contribution in [-0.4, -0.2) is 8.42 Å². The summed E-state index contributed by atoms with van der Waals surface area (Å²) < 4.78 is 61.3. The fraction of sp³-hybridized carbons (Fsp3) is 0.0769. The van der Waals surface area contributed by atoms with Crippen LogP contribution in [-0.2, 0) is 15.2 Å². The van der Waals surface area contributed by atoms with Gasteiger partial charge in [0.1, 0.15) is 4.90 Å². The number of halogens is 5. The smallest absolute Gasteiger partial charge is 0.207 e. The van der Waals surface area contributed by atoms with Crippen LogP contribution in [0.15, 0.2) is 47.4 Å². The standard InChI is InChI=1S/C13H7Cl2F3O2S/c14-11-7-8(5-6-12(11)21(15,19)20)9-3-1-2-4-10(9)13(16,17)18/h1-7H. The summed E-state index contributed by atoms with van der Waals surface area (Å²) in [4.78, 5) is -0.348. The molecular weight excluding hydrogens is 348 g/mol. The van der Waals surface area contributed by atoms with Gasteiger partial charge in [-0.1, -0.05) is 35.9 Å². The molecule has 0 fully saturated rings. The Morgan fingerprint density at radius 2 is 1.62 bits per heavy atom. The summed E-state index contributed by atoms with van der Waals surface area (Å²) in [6.07, 6.45) is -4.53. The Balaban J connectivity index is 2.63. The zero-order valence-corrected chi connectivity index (χ0v) is 12.5. The van der Waals surface area contributed by atoms with E-state index < -0.39 is 20.8 Å². The molecule has 0 heterocycles. The molecule has 2 nitrogen and oxygen atoms in total. The van der Waals surface area contributed by atoms with Crippen LogP contribution in [0, 0.1) is 0 Å². The Morgan fingerprint density at radius 3 is 2.14 bits per heavy atom. The van der Waals surface area contributed by atoms with Gasteiger partial charge in [0.15, 0.2) is 0 Å². The van der Waals surface area contributed by atoms with Gasteiger partial charge in [0, 0.05) is 10.7 Å². The highest BCUT2D eigenvalue weighted by atomic mass is 35.7. The normalized spacial score (nSPS) is 12.4. The van der Waals surface area contributed by atoms with Crippen molar-refractivity contribution < 1.29 is 21.6 Å². The molecule has 0 aliphatic heterocycles. The molecule has 0 radical (unpaired) electrons. The second kappa shape index (κ2) is 5.51. The predicted molar refractivity (Wildman–Crippen MR) is 74.9 cm³/mol. The van der Waals surface area contributed by atoms with Gasteiger partial charge in [0.05, 0.1) is 10.6 Å². The zero-order valence-electron chi connectivity index (χ0n) is 10.2. The minimum absolute atomic E-state index is 0.0922. The minimum Gasteiger partial charge on any atom is -0.207 e. The van der Waals surface area contributed by atoms with Crippen LogP contribution in [0.3, 0.4) is 0 Å². The first-order valence-electron chi connectivity index (χ1n) is 5.51. The largest absolute Gasteiger partial charge is 0.417 e. The maximum Gasteiger partial charge on any atom is 0.417 e. The van der Waals surface area contributed by atoms with E-state index in [9.17, 15) is 21.6 Å². The third-order valence-corrected chi connectivity index (χ3v) is 4.54. The Hall–Kier alpha value is -1.24. The first-order chi connectivity index (χ1) is 9.60. The summed E-state index contributed by atoms with van der Waals surface area (Å²) in [5.74, 6) is 0. The average molecular weight is 355 g/mol. The zero-order chi connectivity index (χ0) is 15.8. The molecule has 21 heavy (non-hydrogen) atoms. The summed E-state index contributed by atoms with van der Waals surface area (Å²) >= 11 is 5.79. The lowest BCUT2D eigenvalue weighted by Crippen LogP contribution is -2.06. The third-order valence-electron chi connectivity index (χ3n) is 2.74. The summed E-state index contributed by atoms with van der Waals surface area (Å²) in [5, 5.41) is -0.237. The van der Waals surface area contributed by atoms with Gasteiger partial charge in [0.2, 0.25) is 0 Å². The van der Waals surface area contributed by atoms with Gasteiger partial charge in [-0.3, -0.25) is 0 Å². The second-order valence-electron chi connectivity index (χ2n) is 4.13. The molecule has 0 bridgehead atoms. The van der Waals surface area contributed by atoms with E-state index in [-0.39, 0.29) is 21.0 Å². The first kappa shape index (κ1) is 16.1. The maximum absolute atomic E-state index is 13.0. The van der Waals surface area contributed by atoms with E-state index in [0.717, 1.165) is 18.2 Å². The van der Waals surface area contributed by atoms with Crippen LogP contribution in [0.1, 0.15) is 5.56 Å². The molecule has 8 heteroatoms. The summed E-state index contributed by atoms with van der Waals surface area (Å²) in [6.45, 7) is 0. The first-order valence-corrected chi connectivity index (χ1v) is 8.20. The van der Waals surface area contributed by atoms with Crippen LogP contribution in [0.2, 0.25) is 5.02 Å². The molecule has 0 saturated heterocycles. The third kappa shape index (κ3) is 3.51. The number of hydrogen-bond acceptors (Lipinski definition) is 2. The van der Waals surface area contributed by atoms with Crippen molar-refractivity contribution in [3.8, 4) is 11.1 Å². The van der Waals surface area contributed by atoms with Gasteiger partial charge in [-0.25, -0.2) is 8.42 Å². The molecule has 0 unspecified atom stereocenters. The molecule has 0 spiro atoms. The Kier molecular flexibility index (Phi) is 4.24. The van der Waals surface area contributed by atoms with Crippen LogP contribution >= 0.6 is 22.3 Å². The van der Waals surface area contributed by atoms with E-state index >= 15 is 0 Å². The lowest BCUT2D eigenvalue weighted by molar-refractivity contribution is -0.137. The number of benzene rings is 2. The van der Waals surface area contributed by atoms with Gasteiger partial charge >= 0.3 is 6.18 Å². The molecule has 112 valence electrons. The quantitative estimate of drug-likeness (QED) is 0.714. The van der Waals surface area contributed by atoms with Crippen molar-refractivity contribution in [2.45, 2.75) is 11.1 Å². The molecule has 0 atom stereocenters. The van der Waals surface area contributed by atoms with Crippen LogP contribution < -0.4 is 0 Å². The lowest BCUT2D eigenvalue weighted by Gasteiger charge is -2.13. The molecule has 2 rings (SSSR count). The summed E-state index contributed by atoms with van der Waals surface area (Å²) in [7, 11) is 1.12. The van der Waals surface area contributed by atoms with Crippen LogP contribution in [0.25, 0.3) is 11.1 Å². The molecule has 2 aromatic rings. The second-order valence-corrected chi connectivity index (χ2v) is 7.07. The van der Waals surface area contributed by atoms with E-state index in [4.69, 9.17) is 22.3 Å². The van der Waals surface area contributed by atoms with Crippen molar-refractivity contribution in [1.29, 1.82) is 0 Å². The fourth-order valence-electron chi connectivity index (χ4n) is 1.85. The van der Waals surface area contributed by atoms with Crippen LogP contribution in [0.4, 0.5) is 13.2 Å². The van der Waals surface area contributed by atoms with E-state index in [2.05, 4.69) is 0 Å². The highest BCUT2D eigenvalue weighted by molar-refractivity contribution is 8.13. The van der Waals surface area contributed by atoms with Crippen molar-refractivity contribution >= 4 is 31.3 Å². The molecule has 0 amide bonds. The minimum atomic E-state index is -4.53. The molecule has 2 aromatic carbocycles. The number of rotatable bonds is 2.